The number of alkyl carbamates (subject to hydrolysis) is 1. The fourth-order valence-electron chi connectivity index (χ4n) is 4.13. The van der Waals surface area contributed by atoms with Crippen LogP contribution in [0.2, 0.25) is 0 Å². The van der Waals surface area contributed by atoms with E-state index in [9.17, 15) is 19.5 Å². The Morgan fingerprint density at radius 3 is 2.24 bits per heavy atom. The smallest absolute Gasteiger partial charge is 0.407 e. The molecule has 0 saturated carbocycles. The molecule has 168 valence electrons. The van der Waals surface area contributed by atoms with Gasteiger partial charge >= 0.3 is 12.1 Å². The van der Waals surface area contributed by atoms with Crippen molar-refractivity contribution >= 4 is 18.0 Å². The van der Waals surface area contributed by atoms with E-state index < -0.39 is 24.0 Å². The Bertz CT molecular complexity index is 1160. The number of fused-ring (bicyclic) bond motifs is 3. The number of nitrogens with one attached hydrogen (secondary N) is 2. The van der Waals surface area contributed by atoms with Crippen LogP contribution in [0.1, 0.15) is 33.1 Å². The zero-order valence-electron chi connectivity index (χ0n) is 17.9. The molecule has 0 radical (unpaired) electrons. The predicted molar refractivity (Wildman–Crippen MR) is 121 cm³/mol. The van der Waals surface area contributed by atoms with Gasteiger partial charge in [0.2, 0.25) is 0 Å². The lowest BCUT2D eigenvalue weighted by atomic mass is 9.98. The highest BCUT2D eigenvalue weighted by Crippen LogP contribution is 2.44. The molecule has 0 fully saturated rings. The molecule has 1 aromatic heterocycles. The molecule has 0 bridgehead atoms. The van der Waals surface area contributed by atoms with Gasteiger partial charge in [0.05, 0.1) is 0 Å². The van der Waals surface area contributed by atoms with Crippen LogP contribution in [0.25, 0.3) is 11.1 Å². The molecule has 33 heavy (non-hydrogen) atoms. The van der Waals surface area contributed by atoms with Gasteiger partial charge in [-0.3, -0.25) is 9.78 Å². The minimum atomic E-state index is -1.28. The van der Waals surface area contributed by atoms with Crippen molar-refractivity contribution in [2.75, 3.05) is 13.7 Å². The monoisotopic (exact) mass is 445 g/mol. The number of carbonyl (C=O) groups excluding carboxylic acids is 2. The summed E-state index contributed by atoms with van der Waals surface area (Å²) >= 11 is 0. The zero-order chi connectivity index (χ0) is 23.4. The number of hydrogen-bond acceptors (Lipinski definition) is 5. The number of amides is 2. The predicted octanol–water partition coefficient (Wildman–Crippen LogP) is 2.98. The maximum absolute atomic E-state index is 12.5. The van der Waals surface area contributed by atoms with Crippen LogP contribution in [0.3, 0.4) is 0 Å². The van der Waals surface area contributed by atoms with Gasteiger partial charge in [-0.1, -0.05) is 54.6 Å². The molecule has 4 rings (SSSR count). The average Bonchev–Trinajstić information content (AvgIpc) is 3.16. The second kappa shape index (κ2) is 9.52. The van der Waals surface area contributed by atoms with Crippen LogP contribution >= 0.6 is 0 Å². The third-order valence-corrected chi connectivity index (χ3v) is 5.69. The Labute approximate surface area is 190 Å². The van der Waals surface area contributed by atoms with Crippen molar-refractivity contribution in [1.82, 2.24) is 15.6 Å². The van der Waals surface area contributed by atoms with Crippen molar-refractivity contribution in [2.24, 2.45) is 0 Å². The van der Waals surface area contributed by atoms with Crippen LogP contribution in [-0.4, -0.2) is 47.8 Å². The summed E-state index contributed by atoms with van der Waals surface area (Å²) in [5.74, 6) is -1.81. The zero-order valence-corrected chi connectivity index (χ0v) is 17.9. The van der Waals surface area contributed by atoms with Crippen LogP contribution in [-0.2, 0) is 16.0 Å². The lowest BCUT2D eigenvalue weighted by molar-refractivity contribution is -0.139. The van der Waals surface area contributed by atoms with E-state index in [0.717, 1.165) is 22.3 Å². The number of rotatable bonds is 7. The summed E-state index contributed by atoms with van der Waals surface area (Å²) in [6.07, 6.45) is 0.494. The summed E-state index contributed by atoms with van der Waals surface area (Å²) in [5.41, 5.74) is 4.84. The van der Waals surface area contributed by atoms with Crippen LogP contribution in [0, 0.1) is 0 Å². The number of ether oxygens (including phenoxy) is 1. The van der Waals surface area contributed by atoms with Crippen LogP contribution < -0.4 is 10.6 Å². The number of pyridine rings is 1. The van der Waals surface area contributed by atoms with Crippen molar-refractivity contribution < 1.29 is 24.2 Å². The quantitative estimate of drug-likeness (QED) is 0.515. The Kier molecular flexibility index (Phi) is 6.35. The van der Waals surface area contributed by atoms with E-state index in [1.807, 2.05) is 48.5 Å². The molecular weight excluding hydrogens is 422 g/mol. The Balaban J connectivity index is 1.45. The summed E-state index contributed by atoms with van der Waals surface area (Å²) in [6.45, 7) is 0.0720. The number of benzene rings is 2. The third-order valence-electron chi connectivity index (χ3n) is 5.69. The average molecular weight is 445 g/mol. The normalized spacial score (nSPS) is 12.9. The van der Waals surface area contributed by atoms with E-state index in [2.05, 4.69) is 15.6 Å². The molecule has 3 aromatic rings. The molecule has 0 aliphatic heterocycles. The Morgan fingerprint density at radius 2 is 1.64 bits per heavy atom. The summed E-state index contributed by atoms with van der Waals surface area (Å²) in [7, 11) is 1.46. The molecule has 1 heterocycles. The first-order valence-electron chi connectivity index (χ1n) is 10.5. The molecule has 8 heteroatoms. The molecule has 1 aliphatic rings. The highest BCUT2D eigenvalue weighted by molar-refractivity contribution is 5.93. The van der Waals surface area contributed by atoms with Gasteiger partial charge in [-0.25, -0.2) is 9.59 Å². The largest absolute Gasteiger partial charge is 0.480 e. The van der Waals surface area contributed by atoms with Crippen LogP contribution in [0.5, 0.6) is 0 Å². The molecule has 1 unspecified atom stereocenters. The van der Waals surface area contributed by atoms with E-state index in [1.165, 1.54) is 13.2 Å². The fourth-order valence-corrected chi connectivity index (χ4v) is 4.13. The van der Waals surface area contributed by atoms with Gasteiger partial charge in [0.25, 0.3) is 5.91 Å². The van der Waals surface area contributed by atoms with E-state index >= 15 is 0 Å². The van der Waals surface area contributed by atoms with Gasteiger partial charge in [-0.2, -0.15) is 0 Å². The van der Waals surface area contributed by atoms with Crippen LogP contribution in [0.15, 0.2) is 66.9 Å². The molecule has 0 saturated heterocycles. The van der Waals surface area contributed by atoms with Crippen molar-refractivity contribution in [3.05, 3.63) is 89.2 Å². The summed E-state index contributed by atoms with van der Waals surface area (Å²) < 4.78 is 5.45. The Morgan fingerprint density at radius 1 is 1.00 bits per heavy atom. The first-order chi connectivity index (χ1) is 16.0. The number of aliphatic carboxylic acids is 1. The number of aromatic nitrogens is 1. The lowest BCUT2D eigenvalue weighted by Crippen LogP contribution is -2.43. The van der Waals surface area contributed by atoms with Gasteiger partial charge < -0.3 is 20.5 Å². The maximum atomic E-state index is 12.5. The minimum absolute atomic E-state index is 0.0720. The first kappa shape index (κ1) is 22.0. The van der Waals surface area contributed by atoms with Gasteiger partial charge in [0.15, 0.2) is 0 Å². The highest BCUT2D eigenvalue weighted by atomic mass is 16.5. The molecule has 2 aromatic carbocycles. The fraction of sp³-hybridized carbons (Fsp3) is 0.200. The second-order valence-electron chi connectivity index (χ2n) is 7.66. The SMILES string of the molecule is CNC(=O)c1ncccc1CC(NC(=O)OCC1c2ccccc2-c2ccccc21)C(=O)O. The van der Waals surface area contributed by atoms with Crippen molar-refractivity contribution in [3.63, 3.8) is 0 Å². The van der Waals surface area contributed by atoms with E-state index in [0.29, 0.717) is 5.56 Å². The Hall–Kier alpha value is -4.20. The number of nitrogens with zero attached hydrogens (tertiary/aromatic N) is 1. The van der Waals surface area contributed by atoms with Gasteiger partial charge in [0, 0.05) is 25.6 Å². The molecular formula is C25H23N3O5. The standard InChI is InChI=1S/C25H23N3O5/c1-26-23(29)22-15(7-6-12-27-22)13-21(24(30)31)28-25(32)33-14-20-18-10-4-2-8-16(18)17-9-3-5-11-19(17)20/h2-12,20-21H,13-14H2,1H3,(H,26,29)(H,28,32)(H,30,31). The molecule has 8 nitrogen and oxygen atoms in total. The molecule has 3 N–H and O–H groups in total. The summed E-state index contributed by atoms with van der Waals surface area (Å²) in [6, 6.07) is 17.8. The third kappa shape index (κ3) is 4.55. The van der Waals surface area contributed by atoms with Crippen molar-refractivity contribution in [2.45, 2.75) is 18.4 Å². The highest BCUT2D eigenvalue weighted by Gasteiger charge is 2.30. The minimum Gasteiger partial charge on any atom is -0.480 e. The van der Waals surface area contributed by atoms with E-state index in [1.54, 1.807) is 12.1 Å². The molecule has 1 aliphatic carbocycles. The van der Waals surface area contributed by atoms with Gasteiger partial charge in [0.1, 0.15) is 18.3 Å². The maximum Gasteiger partial charge on any atom is 0.407 e. The number of carbonyl (C=O) groups is 3. The topological polar surface area (TPSA) is 118 Å². The molecule has 0 spiro atoms. The summed E-state index contributed by atoms with van der Waals surface area (Å²) in [4.78, 5) is 40.3. The van der Waals surface area contributed by atoms with Gasteiger partial charge in [-0.15, -0.1) is 0 Å². The molecule has 1 atom stereocenters. The number of hydrogen-bond donors (Lipinski definition) is 3. The summed E-state index contributed by atoms with van der Waals surface area (Å²) in [5, 5.41) is 14.5. The van der Waals surface area contributed by atoms with Crippen molar-refractivity contribution in [1.29, 1.82) is 0 Å². The second-order valence-corrected chi connectivity index (χ2v) is 7.66. The first-order valence-corrected chi connectivity index (χ1v) is 10.5. The lowest BCUT2D eigenvalue weighted by Gasteiger charge is -2.18. The van der Waals surface area contributed by atoms with Gasteiger partial charge in [-0.05, 0) is 33.9 Å². The van der Waals surface area contributed by atoms with Crippen molar-refractivity contribution in [3.8, 4) is 11.1 Å². The van der Waals surface area contributed by atoms with Crippen LogP contribution in [0.4, 0.5) is 4.79 Å². The molecule has 2 amide bonds. The van der Waals surface area contributed by atoms with E-state index in [-0.39, 0.29) is 24.6 Å². The number of carboxylic acids is 1. The number of carboxylic acid groups (broad SMARTS) is 1. The van der Waals surface area contributed by atoms with E-state index in [4.69, 9.17) is 4.74 Å².